The van der Waals surface area contributed by atoms with Crippen LogP contribution in [0.1, 0.15) is 0 Å². The first-order valence-corrected chi connectivity index (χ1v) is 29.3. The molecule has 0 aliphatic rings. The summed E-state index contributed by atoms with van der Waals surface area (Å²) < 4.78 is 31.3. The van der Waals surface area contributed by atoms with Crippen molar-refractivity contribution in [2.24, 2.45) is 0 Å². The van der Waals surface area contributed by atoms with Crippen LogP contribution in [0.2, 0.25) is 26.2 Å². The van der Waals surface area contributed by atoms with Crippen LogP contribution < -0.4 is 10.4 Å². The van der Waals surface area contributed by atoms with Gasteiger partial charge in [-0.05, 0) is 50.5 Å². The van der Waals surface area contributed by atoms with E-state index in [1.54, 1.807) is 12.1 Å². The van der Waals surface area contributed by atoms with Crippen LogP contribution in [0.5, 0.6) is 0 Å². The van der Waals surface area contributed by atoms with Gasteiger partial charge in [0.25, 0.3) is 5.81 Å². The Morgan fingerprint density at radius 1 is 0.824 bits per heavy atom. The molecule has 0 amide bonds. The molecule has 5 nitrogen and oxygen atoms in total. The van der Waals surface area contributed by atoms with Gasteiger partial charge in [-0.3, -0.25) is 3.07 Å². The maximum Gasteiger partial charge on any atom is 0.407 e. The fraction of sp³-hybridized carbons (Fsp3) is 0.333. The van der Waals surface area contributed by atoms with Crippen molar-refractivity contribution in [3.63, 3.8) is 0 Å². The molecule has 186 valence electrons. The number of hydrogen-bond donors (Lipinski definition) is 1. The molecule has 2 aromatic rings. The van der Waals surface area contributed by atoms with E-state index in [1.165, 1.54) is 0 Å². The first-order chi connectivity index (χ1) is 15.4. The highest BCUT2D eigenvalue weighted by atomic mass is 127. The monoisotopic (exact) mass is 1320 g/mol. The molecule has 34 heavy (non-hydrogen) atoms. The molecular formula is C18H19I7O5Si4. The second kappa shape index (κ2) is 13.1. The van der Waals surface area contributed by atoms with E-state index in [0.717, 1.165) is 0 Å². The third-order valence-electron chi connectivity index (χ3n) is 4.13. The van der Waals surface area contributed by atoms with Gasteiger partial charge in [0.1, 0.15) is 20.4 Å². The molecule has 0 heterocycles. The highest BCUT2D eigenvalue weighted by Gasteiger charge is 2.69. The zero-order valence-electron chi connectivity index (χ0n) is 18.2. The first kappa shape index (κ1) is 33.9. The van der Waals surface area contributed by atoms with Crippen LogP contribution in [-0.2, 0) is 15.4 Å². The zero-order chi connectivity index (χ0) is 26.1. The summed E-state index contributed by atoms with van der Waals surface area (Å²) in [5, 5.41) is 1.36. The Morgan fingerprint density at radius 2 is 1.26 bits per heavy atom. The van der Waals surface area contributed by atoms with Gasteiger partial charge in [-0.15, -0.1) is 0 Å². The Labute approximate surface area is 297 Å². The molecule has 16 heteroatoms. The van der Waals surface area contributed by atoms with E-state index >= 15 is 0 Å². The highest BCUT2D eigenvalue weighted by Crippen LogP contribution is 2.56. The van der Waals surface area contributed by atoms with Crippen molar-refractivity contribution in [1.29, 1.82) is 0 Å². The average molecular weight is 1320 g/mol. The Balaban J connectivity index is 2.86. The van der Waals surface area contributed by atoms with Crippen molar-refractivity contribution in [1.82, 2.24) is 0 Å². The first-order valence-electron chi connectivity index (χ1n) is 9.41. The molecule has 0 bridgehead atoms. The minimum atomic E-state index is -3.67. The number of hydrogen-bond acceptors (Lipinski definition) is 5. The summed E-state index contributed by atoms with van der Waals surface area (Å²) in [4.78, 5) is 12.3. The van der Waals surface area contributed by atoms with Crippen molar-refractivity contribution in [3.8, 4) is 0 Å². The summed E-state index contributed by atoms with van der Waals surface area (Å²) in [5.41, 5.74) is 0. The predicted octanol–water partition coefficient (Wildman–Crippen LogP) is 6.64. The molecule has 0 unspecified atom stereocenters. The van der Waals surface area contributed by atoms with E-state index in [1.807, 2.05) is 50.5 Å². The Morgan fingerprint density at radius 3 is 1.59 bits per heavy atom. The predicted molar refractivity (Wildman–Crippen MR) is 204 cm³/mol. The molecule has 0 atom stereocenters. The molecule has 1 N–H and O–H groups in total. The lowest BCUT2D eigenvalue weighted by atomic mass is 10.4. The van der Waals surface area contributed by atoms with Gasteiger partial charge in [0.15, 0.2) is -1.88 Å². The lowest BCUT2D eigenvalue weighted by molar-refractivity contribution is 0.306. The molecule has 0 radical (unpaired) electrons. The van der Waals surface area contributed by atoms with Crippen molar-refractivity contribution >= 4 is 198 Å². The molecule has 0 fully saturated rings. The largest absolute Gasteiger partial charge is 0.427 e. The summed E-state index contributed by atoms with van der Waals surface area (Å²) in [5.74, 6) is -2.38. The topological polar surface area (TPSA) is 65.0 Å². The summed E-state index contributed by atoms with van der Waals surface area (Å²) in [7, 11) is -10.2. The minimum Gasteiger partial charge on any atom is -0.427 e. The molecule has 0 aromatic heterocycles. The number of halogens is 7. The fourth-order valence-corrected chi connectivity index (χ4v) is 50.4. The smallest absolute Gasteiger partial charge is 0.407 e. The van der Waals surface area contributed by atoms with E-state index in [4.69, 9.17) is 12.3 Å². The molecule has 0 spiro atoms. The molecular weight excluding hydrogens is 1300 g/mol. The third kappa shape index (κ3) is 8.60. The molecule has 0 aliphatic heterocycles. The summed E-state index contributed by atoms with van der Waals surface area (Å²) in [6.07, 6.45) is 0. The standard InChI is InChI=1S/C18H19I7O5Si4/c1-31(2,25-26)28-32(3,4)29-33(15-11-7-5-8-12-15,16-13-9-6-10-14-16)30-34(27,17(19,20)21)18(22,23)24/h5-7,9,11,13,27H,1-4H3. The minimum absolute atomic E-state index is 0.635. The van der Waals surface area contributed by atoms with Crippen LogP contribution >= 0.6 is 156 Å². The zero-order valence-corrected chi connectivity index (χ0v) is 37.3. The van der Waals surface area contributed by atoms with Crippen molar-refractivity contribution < 1.29 is 20.2 Å². The SMILES string of the molecule is C[Si](C)(O[Si](C)(C)I=O)O[Si](O[Si](O)(C(I)(I)I)C(I)(I)I)(c1c#cccc1)c1c#cccc1. The van der Waals surface area contributed by atoms with Crippen LogP contribution in [0.25, 0.3) is 0 Å². The molecule has 2 rings (SSSR count). The maximum absolute atomic E-state index is 12.3. The van der Waals surface area contributed by atoms with E-state index in [2.05, 4.69) is 160 Å². The highest BCUT2D eigenvalue weighted by molar-refractivity contribution is 14.3. The lowest BCUT2D eigenvalue weighted by Gasteiger charge is -2.46. The Bertz CT molecular complexity index is 919. The van der Waals surface area contributed by atoms with Gasteiger partial charge in [-0.1, -0.05) is 172 Å². The van der Waals surface area contributed by atoms with Crippen LogP contribution in [0.15, 0.2) is 36.4 Å². The van der Waals surface area contributed by atoms with Crippen LogP contribution in [-0.4, -0.2) is 34.4 Å². The van der Waals surface area contributed by atoms with Gasteiger partial charge >= 0.3 is 25.7 Å². The van der Waals surface area contributed by atoms with Crippen LogP contribution in [0.3, 0.4) is 0 Å². The lowest BCUT2D eigenvalue weighted by Crippen LogP contribution is -2.76. The fourth-order valence-electron chi connectivity index (χ4n) is 2.93. The maximum atomic E-state index is 12.3. The second-order valence-corrected chi connectivity index (χ2v) is 58.4. The van der Waals surface area contributed by atoms with Crippen LogP contribution in [0.4, 0.5) is 0 Å². The number of rotatable bonds is 11. The Hall–Kier alpha value is 3.70. The van der Waals surface area contributed by atoms with Crippen molar-refractivity contribution in [2.45, 2.75) is 24.3 Å². The van der Waals surface area contributed by atoms with Gasteiger partial charge in [-0.2, -0.15) is 0 Å². The molecule has 2 aromatic carbocycles. The van der Waals surface area contributed by atoms with Gasteiger partial charge in [0.05, 0.1) is 0 Å². The summed E-state index contributed by atoms with van der Waals surface area (Å²) in [6, 6.07) is 23.5. The quantitative estimate of drug-likeness (QED) is 0.118. The average Bonchev–Trinajstić information content (AvgIpc) is 2.72. The van der Waals surface area contributed by atoms with Crippen molar-refractivity contribution in [3.05, 3.63) is 60.7 Å². The van der Waals surface area contributed by atoms with Gasteiger partial charge < -0.3 is 17.1 Å². The Kier molecular flexibility index (Phi) is 13.1. The van der Waals surface area contributed by atoms with Gasteiger partial charge in [0, 0.05) is 10.4 Å². The summed E-state index contributed by atoms with van der Waals surface area (Å²) >= 11 is 12.2. The van der Waals surface area contributed by atoms with E-state index < -0.39 is 50.0 Å². The normalized spacial score (nSPS) is 13.9. The number of alkyl halides is 6. The third-order valence-corrected chi connectivity index (χ3v) is 35.7. The van der Waals surface area contributed by atoms with Gasteiger partial charge in [0.2, 0.25) is 0 Å². The van der Waals surface area contributed by atoms with Gasteiger partial charge in [-0.25, -0.2) is 0 Å². The van der Waals surface area contributed by atoms with Crippen molar-refractivity contribution in [2.75, 3.05) is 0 Å². The van der Waals surface area contributed by atoms with E-state index in [0.29, 0.717) is 10.4 Å². The molecule has 0 saturated carbocycles. The van der Waals surface area contributed by atoms with E-state index in [-0.39, 0.29) is 0 Å². The van der Waals surface area contributed by atoms with E-state index in [9.17, 15) is 7.86 Å². The summed E-state index contributed by atoms with van der Waals surface area (Å²) in [6.45, 7) is 7.79. The molecule has 0 saturated heterocycles. The second-order valence-electron chi connectivity index (χ2n) is 7.82. The van der Waals surface area contributed by atoms with Crippen LogP contribution in [0, 0.1) is 24.3 Å². The molecule has 0 aliphatic carbocycles.